The van der Waals surface area contributed by atoms with Gasteiger partial charge in [-0.1, -0.05) is 42.5 Å². The zero-order valence-corrected chi connectivity index (χ0v) is 18.5. The number of aliphatic imine (C=N–C) groups is 1. The van der Waals surface area contributed by atoms with Crippen molar-refractivity contribution in [2.75, 3.05) is 4.90 Å². The summed E-state index contributed by atoms with van der Waals surface area (Å²) >= 11 is 0. The predicted octanol–water partition coefficient (Wildman–Crippen LogP) is 5.96. The lowest BCUT2D eigenvalue weighted by molar-refractivity contribution is 0.0529. The predicted molar refractivity (Wildman–Crippen MR) is 120 cm³/mol. The summed E-state index contributed by atoms with van der Waals surface area (Å²) in [7, 11) is 0. The van der Waals surface area contributed by atoms with Crippen LogP contribution in [-0.4, -0.2) is 33.0 Å². The summed E-state index contributed by atoms with van der Waals surface area (Å²) in [6.45, 7) is 18.5. The van der Waals surface area contributed by atoms with Crippen LogP contribution >= 0.6 is 0 Å². The second-order valence-electron chi connectivity index (χ2n) is 10.2. The lowest BCUT2D eigenvalue weighted by Gasteiger charge is -2.50. The first kappa shape index (κ1) is 19.0. The van der Waals surface area contributed by atoms with Crippen LogP contribution in [0.5, 0.6) is 0 Å². The maximum atomic E-state index is 5.23. The standard InChI is InChI=1S/C25H33N3/c1-22(2)23(3,4)28-21(26-22)27(24(5,6)25(28,7)8)20-16-14-19(15-17-20)18-12-10-9-11-13-18/h9-17H,1-8H3. The number of anilines is 1. The number of guanidine groups is 1. The molecule has 0 spiro atoms. The van der Waals surface area contributed by atoms with Gasteiger partial charge in [-0.05, 0) is 78.6 Å². The van der Waals surface area contributed by atoms with Gasteiger partial charge in [-0.3, -0.25) is 0 Å². The van der Waals surface area contributed by atoms with Gasteiger partial charge in [0.05, 0.1) is 22.2 Å². The van der Waals surface area contributed by atoms with Crippen LogP contribution < -0.4 is 4.90 Å². The fraction of sp³-hybridized carbons (Fsp3) is 0.480. The summed E-state index contributed by atoms with van der Waals surface area (Å²) in [6.07, 6.45) is 0. The highest BCUT2D eigenvalue weighted by atomic mass is 15.6. The molecule has 148 valence electrons. The molecule has 4 rings (SSSR count). The first-order chi connectivity index (χ1) is 12.9. The third kappa shape index (κ3) is 2.31. The highest BCUT2D eigenvalue weighted by Gasteiger charge is 2.65. The van der Waals surface area contributed by atoms with Gasteiger partial charge in [0.15, 0.2) is 0 Å². The summed E-state index contributed by atoms with van der Waals surface area (Å²) in [5.74, 6) is 1.09. The molecule has 0 unspecified atom stereocenters. The van der Waals surface area contributed by atoms with E-state index in [1.165, 1.54) is 16.8 Å². The molecule has 3 nitrogen and oxygen atoms in total. The summed E-state index contributed by atoms with van der Waals surface area (Å²) < 4.78 is 0. The van der Waals surface area contributed by atoms with E-state index in [1.807, 2.05) is 0 Å². The number of hydrogen-bond acceptors (Lipinski definition) is 3. The molecule has 2 heterocycles. The van der Waals surface area contributed by atoms with Crippen molar-refractivity contribution in [1.82, 2.24) is 4.90 Å². The van der Waals surface area contributed by atoms with Gasteiger partial charge in [0.2, 0.25) is 5.96 Å². The molecule has 2 aliphatic rings. The zero-order valence-electron chi connectivity index (χ0n) is 18.5. The molecule has 2 aromatic carbocycles. The van der Waals surface area contributed by atoms with E-state index < -0.39 is 0 Å². The minimum absolute atomic E-state index is 0.0537. The monoisotopic (exact) mass is 375 g/mol. The van der Waals surface area contributed by atoms with Crippen LogP contribution in [-0.2, 0) is 0 Å². The molecule has 0 amide bonds. The minimum Gasteiger partial charge on any atom is -0.327 e. The second kappa shape index (κ2) is 5.62. The molecule has 0 bridgehead atoms. The van der Waals surface area contributed by atoms with Crippen LogP contribution in [0.4, 0.5) is 5.69 Å². The van der Waals surface area contributed by atoms with Gasteiger partial charge in [0, 0.05) is 5.69 Å². The smallest absolute Gasteiger partial charge is 0.203 e. The Kier molecular flexibility index (Phi) is 3.82. The molecule has 3 heteroatoms. The van der Waals surface area contributed by atoms with Crippen molar-refractivity contribution in [3.8, 4) is 11.1 Å². The van der Waals surface area contributed by atoms with E-state index in [4.69, 9.17) is 4.99 Å². The van der Waals surface area contributed by atoms with E-state index in [9.17, 15) is 0 Å². The van der Waals surface area contributed by atoms with Crippen LogP contribution in [0, 0.1) is 0 Å². The average Bonchev–Trinajstić information content (AvgIpc) is 2.90. The molecular formula is C25H33N3. The van der Waals surface area contributed by atoms with E-state index >= 15 is 0 Å². The topological polar surface area (TPSA) is 18.8 Å². The van der Waals surface area contributed by atoms with Crippen molar-refractivity contribution in [1.29, 1.82) is 0 Å². The fourth-order valence-electron chi connectivity index (χ4n) is 4.73. The van der Waals surface area contributed by atoms with E-state index in [1.54, 1.807) is 0 Å². The Labute approximate surface area is 170 Å². The molecule has 0 aromatic heterocycles. The zero-order chi connectivity index (χ0) is 20.5. The number of hydrogen-bond donors (Lipinski definition) is 0. The third-order valence-electron chi connectivity index (χ3n) is 7.68. The molecule has 0 atom stereocenters. The fourth-order valence-corrected chi connectivity index (χ4v) is 4.73. The van der Waals surface area contributed by atoms with Crippen molar-refractivity contribution in [3.63, 3.8) is 0 Å². The summed E-state index contributed by atoms with van der Waals surface area (Å²) in [5, 5.41) is 0. The van der Waals surface area contributed by atoms with E-state index in [0.29, 0.717) is 0 Å². The lowest BCUT2D eigenvalue weighted by atomic mass is 9.76. The van der Waals surface area contributed by atoms with Crippen molar-refractivity contribution >= 4 is 11.6 Å². The lowest BCUT2D eigenvalue weighted by Crippen LogP contribution is -2.62. The Bertz CT molecular complexity index is 918. The van der Waals surface area contributed by atoms with Crippen LogP contribution in [0.2, 0.25) is 0 Å². The van der Waals surface area contributed by atoms with Gasteiger partial charge >= 0.3 is 0 Å². The molecule has 2 aromatic rings. The van der Waals surface area contributed by atoms with Crippen LogP contribution in [0.15, 0.2) is 59.6 Å². The normalized spacial score (nSPS) is 23.5. The van der Waals surface area contributed by atoms with Crippen molar-refractivity contribution in [3.05, 3.63) is 54.6 Å². The molecule has 0 saturated carbocycles. The van der Waals surface area contributed by atoms with Gasteiger partial charge in [0.25, 0.3) is 0 Å². The van der Waals surface area contributed by atoms with Crippen LogP contribution in [0.3, 0.4) is 0 Å². The third-order valence-corrected chi connectivity index (χ3v) is 7.68. The molecule has 0 N–H and O–H groups in total. The number of rotatable bonds is 2. The highest BCUT2D eigenvalue weighted by Crippen LogP contribution is 2.53. The molecule has 2 aliphatic heterocycles. The second-order valence-corrected chi connectivity index (χ2v) is 10.2. The Balaban J connectivity index is 1.81. The van der Waals surface area contributed by atoms with Gasteiger partial charge in [-0.25, -0.2) is 4.99 Å². The number of fused-ring (bicyclic) bond motifs is 1. The molecule has 1 saturated heterocycles. The Morgan fingerprint density at radius 1 is 0.607 bits per heavy atom. The molecule has 28 heavy (non-hydrogen) atoms. The number of nitrogens with zero attached hydrogens (tertiary/aromatic N) is 3. The molecule has 0 aliphatic carbocycles. The first-order valence-corrected chi connectivity index (χ1v) is 10.3. The van der Waals surface area contributed by atoms with Gasteiger partial charge < -0.3 is 9.80 Å². The molecule has 1 fully saturated rings. The maximum Gasteiger partial charge on any atom is 0.203 e. The van der Waals surface area contributed by atoms with Gasteiger partial charge in [-0.15, -0.1) is 0 Å². The Morgan fingerprint density at radius 2 is 1.14 bits per heavy atom. The molecule has 0 radical (unpaired) electrons. The average molecular weight is 376 g/mol. The van der Waals surface area contributed by atoms with Crippen LogP contribution in [0.25, 0.3) is 11.1 Å². The summed E-state index contributed by atoms with van der Waals surface area (Å²) in [5.41, 5.74) is 3.35. The maximum absolute atomic E-state index is 5.23. The van der Waals surface area contributed by atoms with Crippen molar-refractivity contribution in [2.45, 2.75) is 77.5 Å². The molecular weight excluding hydrogens is 342 g/mol. The van der Waals surface area contributed by atoms with Gasteiger partial charge in [-0.2, -0.15) is 0 Å². The van der Waals surface area contributed by atoms with E-state index in [-0.39, 0.29) is 22.2 Å². The summed E-state index contributed by atoms with van der Waals surface area (Å²) in [6, 6.07) is 19.5. The van der Waals surface area contributed by atoms with Crippen molar-refractivity contribution < 1.29 is 0 Å². The first-order valence-electron chi connectivity index (χ1n) is 10.3. The van der Waals surface area contributed by atoms with Crippen LogP contribution in [0.1, 0.15) is 55.4 Å². The van der Waals surface area contributed by atoms with E-state index in [2.05, 4.69) is 120 Å². The Morgan fingerprint density at radius 3 is 1.71 bits per heavy atom. The number of benzene rings is 2. The largest absolute Gasteiger partial charge is 0.327 e. The Hall–Kier alpha value is -2.29. The SMILES string of the molecule is CC1(C)N=C2N(c3ccc(-c4ccccc4)cc3)C(C)(C)C(C)(C)N2C1(C)C. The van der Waals surface area contributed by atoms with Gasteiger partial charge in [0.1, 0.15) is 0 Å². The minimum atomic E-state index is -0.141. The summed E-state index contributed by atoms with van der Waals surface area (Å²) in [4.78, 5) is 10.2. The van der Waals surface area contributed by atoms with Crippen molar-refractivity contribution in [2.24, 2.45) is 4.99 Å². The quantitative estimate of drug-likeness (QED) is 0.645. The highest BCUT2D eigenvalue weighted by molar-refractivity contribution is 6.03. The van der Waals surface area contributed by atoms with E-state index in [0.717, 1.165) is 5.96 Å².